The van der Waals surface area contributed by atoms with Crippen LogP contribution in [0.4, 0.5) is 0 Å². The zero-order chi connectivity index (χ0) is 40.9. The summed E-state index contributed by atoms with van der Waals surface area (Å²) in [7, 11) is 1.15. The Balaban J connectivity index is 1.37. The van der Waals surface area contributed by atoms with Gasteiger partial charge in [-0.15, -0.1) is 0 Å². The third kappa shape index (κ3) is 7.65. The zero-order valence-corrected chi connectivity index (χ0v) is 29.4. The Hall–Kier alpha value is -4.11. The number of aromatic hydroxyl groups is 3. The Morgan fingerprint density at radius 3 is 1.89 bits per heavy atom. The van der Waals surface area contributed by atoms with Gasteiger partial charge in [0.1, 0.15) is 89.6 Å². The molecule has 22 nitrogen and oxygen atoms in total. The van der Waals surface area contributed by atoms with Crippen molar-refractivity contribution in [1.29, 1.82) is 0 Å². The van der Waals surface area contributed by atoms with Gasteiger partial charge in [-0.05, 0) is 19.1 Å². The predicted molar refractivity (Wildman–Crippen MR) is 179 cm³/mol. The Morgan fingerprint density at radius 1 is 0.661 bits per heavy atom. The fourth-order valence-electron chi connectivity index (χ4n) is 6.41. The molecule has 3 aromatic rings. The van der Waals surface area contributed by atoms with Crippen LogP contribution < -0.4 is 19.6 Å². The van der Waals surface area contributed by atoms with Crippen molar-refractivity contribution in [2.75, 3.05) is 20.3 Å². The summed E-state index contributed by atoms with van der Waals surface area (Å²) in [5.41, 5.74) is -1.81. The van der Waals surface area contributed by atoms with Crippen LogP contribution in [0.15, 0.2) is 33.5 Å². The van der Waals surface area contributed by atoms with Crippen LogP contribution in [0.3, 0.4) is 0 Å². The van der Waals surface area contributed by atoms with Crippen LogP contribution >= 0.6 is 0 Å². The molecule has 0 saturated carbocycles. The topological polar surface area (TPSA) is 358 Å². The second kappa shape index (κ2) is 16.4. The smallest absolute Gasteiger partial charge is 0.239 e. The molecular formula is C34H42O22. The van der Waals surface area contributed by atoms with Gasteiger partial charge in [-0.25, -0.2) is 0 Å². The highest BCUT2D eigenvalue weighted by molar-refractivity contribution is 5.88. The number of hydrogen-bond donors (Lipinski definition) is 13. The molecule has 310 valence electrons. The van der Waals surface area contributed by atoms with E-state index in [1.165, 1.54) is 6.92 Å². The molecule has 22 heteroatoms. The fourth-order valence-corrected chi connectivity index (χ4v) is 6.41. The molecule has 0 radical (unpaired) electrons. The van der Waals surface area contributed by atoms with E-state index >= 15 is 0 Å². The number of aliphatic hydroxyl groups is 10. The summed E-state index contributed by atoms with van der Waals surface area (Å²) in [6.45, 7) is -0.0519. The minimum Gasteiger partial charge on any atom is -0.507 e. The summed E-state index contributed by atoms with van der Waals surface area (Å²) in [6.07, 6.45) is -25.4. The lowest BCUT2D eigenvalue weighted by molar-refractivity contribution is -0.318. The molecule has 3 aliphatic heterocycles. The first-order valence-corrected chi connectivity index (χ1v) is 17.1. The lowest BCUT2D eigenvalue weighted by Crippen LogP contribution is -2.61. The van der Waals surface area contributed by atoms with Crippen molar-refractivity contribution in [2.24, 2.45) is 0 Å². The number of rotatable bonds is 10. The molecule has 13 N–H and O–H groups in total. The van der Waals surface area contributed by atoms with Crippen molar-refractivity contribution in [1.82, 2.24) is 0 Å². The van der Waals surface area contributed by atoms with Crippen molar-refractivity contribution in [3.8, 4) is 45.8 Å². The highest BCUT2D eigenvalue weighted by Gasteiger charge is 2.48. The van der Waals surface area contributed by atoms with E-state index < -0.39 is 150 Å². The van der Waals surface area contributed by atoms with E-state index in [4.69, 9.17) is 37.6 Å². The minimum absolute atomic E-state index is 0.213. The van der Waals surface area contributed by atoms with Gasteiger partial charge in [0.05, 0.1) is 26.4 Å². The van der Waals surface area contributed by atoms with E-state index in [0.717, 1.165) is 31.4 Å². The van der Waals surface area contributed by atoms with E-state index in [0.29, 0.717) is 0 Å². The molecule has 2 aromatic carbocycles. The van der Waals surface area contributed by atoms with Crippen molar-refractivity contribution in [3.63, 3.8) is 0 Å². The van der Waals surface area contributed by atoms with Gasteiger partial charge in [0.2, 0.25) is 29.5 Å². The summed E-state index contributed by atoms with van der Waals surface area (Å²) in [5.74, 6) is -4.33. The quantitative estimate of drug-likeness (QED) is 0.0864. The molecule has 3 fully saturated rings. The Bertz CT molecular complexity index is 1920. The van der Waals surface area contributed by atoms with Gasteiger partial charge in [0.25, 0.3) is 0 Å². The van der Waals surface area contributed by atoms with Crippen LogP contribution in [0.1, 0.15) is 6.92 Å². The second-order valence-corrected chi connectivity index (χ2v) is 13.4. The van der Waals surface area contributed by atoms with E-state index in [2.05, 4.69) is 0 Å². The zero-order valence-electron chi connectivity index (χ0n) is 29.4. The van der Waals surface area contributed by atoms with Crippen molar-refractivity contribution >= 4 is 11.0 Å². The molecule has 0 amide bonds. The Morgan fingerprint density at radius 2 is 1.25 bits per heavy atom. The van der Waals surface area contributed by atoms with Crippen LogP contribution in [-0.2, 0) is 18.9 Å². The van der Waals surface area contributed by atoms with Gasteiger partial charge >= 0.3 is 0 Å². The fraction of sp³-hybridized carbons (Fsp3) is 0.559. The standard InChI is InChI=1S/C34H42O22/c1-9-19(38)24(43)27(46)32(51-9)50-8-17-22(41)26(45)29(48)34(55-17)56-31-23(42)18-12(36)5-11(52-33-28(47)25(44)21(40)16(7-35)54-33)6-14(18)53-30(31)10-3-13(37)20(39)15(4-10)49-2/h3-6,9,16-17,19,21-22,24-29,32-41,43-48H,7-8H2,1-2H3/t9-,16+,17-,19+,21+,22+,24+,25+,26+,27-,28-,29-,32-,33-,34+/m1/s1. The molecule has 1 aromatic heterocycles. The molecule has 0 spiro atoms. The lowest BCUT2D eigenvalue weighted by Gasteiger charge is -2.42. The summed E-state index contributed by atoms with van der Waals surface area (Å²) in [5, 5.41) is 134. The third-order valence-corrected chi connectivity index (χ3v) is 9.68. The number of ether oxygens (including phenoxy) is 7. The SMILES string of the molecule is COc1cc(-c2oc3cc(O[C@@H]4O[C@@H](CO)[C@H](O)[C@H](O)[C@H]4O)cc(O)c3c(=O)c2O[C@@H]2O[C@H](CO[C@@H]3O[C@H](C)[C@H](O)[C@H](O)[C@H]3O)[C@H](O)[C@H](O)[C@H]2O)cc(O)c1O. The number of aliphatic hydroxyl groups excluding tert-OH is 10. The number of fused-ring (bicyclic) bond motifs is 1. The first-order chi connectivity index (χ1) is 26.5. The van der Waals surface area contributed by atoms with Gasteiger partial charge in [-0.3, -0.25) is 4.79 Å². The molecule has 56 heavy (non-hydrogen) atoms. The largest absolute Gasteiger partial charge is 0.507 e. The monoisotopic (exact) mass is 802 g/mol. The highest BCUT2D eigenvalue weighted by atomic mass is 16.7. The van der Waals surface area contributed by atoms with Crippen LogP contribution in [0, 0.1) is 0 Å². The third-order valence-electron chi connectivity index (χ3n) is 9.68. The highest BCUT2D eigenvalue weighted by Crippen LogP contribution is 2.44. The van der Waals surface area contributed by atoms with Gasteiger partial charge in [0.15, 0.2) is 23.5 Å². The molecule has 15 atom stereocenters. The van der Waals surface area contributed by atoms with Gasteiger partial charge < -0.3 is 104 Å². The van der Waals surface area contributed by atoms with E-state index in [1.807, 2.05) is 0 Å². The summed E-state index contributed by atoms with van der Waals surface area (Å²) in [4.78, 5) is 14.2. The Kier molecular flexibility index (Phi) is 12.2. The summed E-state index contributed by atoms with van der Waals surface area (Å²) in [6, 6.07) is 3.96. The summed E-state index contributed by atoms with van der Waals surface area (Å²) < 4.78 is 44.4. The number of phenolic OH excluding ortho intramolecular Hbond substituents is 3. The van der Waals surface area contributed by atoms with Crippen LogP contribution in [0.2, 0.25) is 0 Å². The summed E-state index contributed by atoms with van der Waals surface area (Å²) >= 11 is 0. The number of benzene rings is 2. The molecule has 0 bridgehead atoms. The molecule has 3 saturated heterocycles. The van der Waals surface area contributed by atoms with Gasteiger partial charge in [-0.1, -0.05) is 0 Å². The second-order valence-electron chi connectivity index (χ2n) is 13.4. The maximum absolute atomic E-state index is 14.2. The van der Waals surface area contributed by atoms with Crippen LogP contribution in [0.5, 0.6) is 34.5 Å². The number of phenols is 3. The molecule has 6 rings (SSSR count). The molecular weight excluding hydrogens is 760 g/mol. The normalized spacial score (nSPS) is 36.3. The van der Waals surface area contributed by atoms with Crippen molar-refractivity contribution in [3.05, 3.63) is 34.5 Å². The van der Waals surface area contributed by atoms with Crippen LogP contribution in [0.25, 0.3) is 22.3 Å². The Labute approximate surface area is 314 Å². The van der Waals surface area contributed by atoms with Crippen LogP contribution in [-0.4, -0.2) is 179 Å². The molecule has 3 aliphatic rings. The van der Waals surface area contributed by atoms with E-state index in [-0.39, 0.29) is 17.1 Å². The van der Waals surface area contributed by atoms with Gasteiger partial charge in [-0.2, -0.15) is 0 Å². The van der Waals surface area contributed by atoms with Gasteiger partial charge in [0, 0.05) is 17.7 Å². The average Bonchev–Trinajstić information content (AvgIpc) is 3.17. The first kappa shape index (κ1) is 41.5. The van der Waals surface area contributed by atoms with Crippen molar-refractivity contribution in [2.45, 2.75) is 99.0 Å². The maximum atomic E-state index is 14.2. The maximum Gasteiger partial charge on any atom is 0.239 e. The predicted octanol–water partition coefficient (Wildman–Crippen LogP) is -4.21. The average molecular weight is 803 g/mol. The molecule has 0 unspecified atom stereocenters. The number of methoxy groups -OCH3 is 1. The molecule has 4 heterocycles. The van der Waals surface area contributed by atoms with E-state index in [1.54, 1.807) is 0 Å². The number of hydrogen-bond acceptors (Lipinski definition) is 22. The minimum atomic E-state index is -2.08. The first-order valence-electron chi connectivity index (χ1n) is 17.1. The lowest BCUT2D eigenvalue weighted by atomic mass is 9.98. The molecule has 0 aliphatic carbocycles. The van der Waals surface area contributed by atoms with E-state index in [9.17, 15) is 71.2 Å². The van der Waals surface area contributed by atoms with Crippen molar-refractivity contribution < 1.29 is 104 Å².